The maximum absolute atomic E-state index is 11.4. The molecular formula is C8H19N3O3S2. The fourth-order valence-electron chi connectivity index (χ4n) is 0.918. The molecule has 0 aromatic heterocycles. The molecule has 0 radical (unpaired) electrons. The van der Waals surface area contributed by atoms with Crippen LogP contribution in [0, 0.1) is 0 Å². The molecule has 0 aromatic rings. The number of amides is 1. The molecule has 0 aromatic carbocycles. The van der Waals surface area contributed by atoms with Crippen molar-refractivity contribution in [2.75, 3.05) is 31.4 Å². The van der Waals surface area contributed by atoms with Crippen LogP contribution in [0.15, 0.2) is 0 Å². The number of thioether (sulfide) groups is 1. The molecule has 0 saturated heterocycles. The van der Waals surface area contributed by atoms with Gasteiger partial charge < -0.3 is 11.1 Å². The highest BCUT2D eigenvalue weighted by Gasteiger charge is 2.13. The summed E-state index contributed by atoms with van der Waals surface area (Å²) in [6, 6.07) is -0.565. The lowest BCUT2D eigenvalue weighted by Crippen LogP contribution is -2.43. The van der Waals surface area contributed by atoms with Crippen LogP contribution in [-0.4, -0.2) is 51.7 Å². The fraction of sp³-hybridized carbons (Fsp3) is 0.875. The van der Waals surface area contributed by atoms with Crippen LogP contribution in [0.3, 0.4) is 0 Å². The molecule has 1 atom stereocenters. The largest absolute Gasteiger partial charge is 0.354 e. The Balaban J connectivity index is 3.81. The van der Waals surface area contributed by atoms with Crippen LogP contribution in [0.5, 0.6) is 0 Å². The van der Waals surface area contributed by atoms with Gasteiger partial charge >= 0.3 is 0 Å². The molecule has 96 valence electrons. The third-order valence-corrected chi connectivity index (χ3v) is 3.96. The minimum atomic E-state index is -3.27. The molecule has 0 spiro atoms. The van der Waals surface area contributed by atoms with Crippen LogP contribution in [0.2, 0.25) is 0 Å². The van der Waals surface area contributed by atoms with Crippen LogP contribution in [0.25, 0.3) is 0 Å². The predicted molar refractivity (Wildman–Crippen MR) is 66.8 cm³/mol. The van der Waals surface area contributed by atoms with E-state index in [0.717, 1.165) is 5.75 Å². The van der Waals surface area contributed by atoms with Gasteiger partial charge in [0.15, 0.2) is 0 Å². The predicted octanol–water partition coefficient (Wildman–Crippen LogP) is -1.27. The van der Waals surface area contributed by atoms with E-state index in [1.54, 1.807) is 11.8 Å². The van der Waals surface area contributed by atoms with E-state index in [1.807, 2.05) is 6.26 Å². The van der Waals surface area contributed by atoms with Gasteiger partial charge in [0.25, 0.3) is 0 Å². The highest BCUT2D eigenvalue weighted by molar-refractivity contribution is 7.98. The molecule has 6 nitrogen and oxygen atoms in total. The van der Waals surface area contributed by atoms with Gasteiger partial charge in [-0.05, 0) is 25.5 Å². The van der Waals surface area contributed by atoms with Gasteiger partial charge in [-0.25, -0.2) is 13.1 Å². The molecule has 0 fully saturated rings. The molecule has 0 aliphatic rings. The van der Waals surface area contributed by atoms with E-state index in [4.69, 9.17) is 5.73 Å². The van der Waals surface area contributed by atoms with Gasteiger partial charge in [-0.3, -0.25) is 4.79 Å². The second-order valence-electron chi connectivity index (χ2n) is 3.20. The summed E-state index contributed by atoms with van der Waals surface area (Å²) in [6.07, 6.45) is 2.52. The average molecular weight is 269 g/mol. The summed E-state index contributed by atoms with van der Waals surface area (Å²) in [5.41, 5.74) is 5.60. The van der Waals surface area contributed by atoms with Crippen molar-refractivity contribution in [1.82, 2.24) is 10.0 Å². The summed E-state index contributed by atoms with van der Waals surface area (Å²) in [7, 11) is -1.93. The van der Waals surface area contributed by atoms with Crippen LogP contribution < -0.4 is 15.8 Å². The molecule has 0 aliphatic heterocycles. The first-order valence-electron chi connectivity index (χ1n) is 4.86. The molecule has 0 saturated carbocycles. The lowest BCUT2D eigenvalue weighted by Gasteiger charge is -2.11. The number of hydrogen-bond acceptors (Lipinski definition) is 5. The Hall–Kier alpha value is -0.310. The quantitative estimate of drug-likeness (QED) is 0.510. The zero-order valence-corrected chi connectivity index (χ0v) is 11.2. The number of nitrogens with one attached hydrogen (secondary N) is 2. The second-order valence-corrected chi connectivity index (χ2v) is 6.23. The molecule has 0 rings (SSSR count). The molecule has 0 aliphatic carbocycles. The van der Waals surface area contributed by atoms with Crippen molar-refractivity contribution >= 4 is 27.7 Å². The third-order valence-electron chi connectivity index (χ3n) is 1.95. The summed E-state index contributed by atoms with van der Waals surface area (Å²) in [6.45, 7) is 0.0783. The van der Waals surface area contributed by atoms with E-state index >= 15 is 0 Å². The summed E-state index contributed by atoms with van der Waals surface area (Å²) >= 11 is 1.61. The number of rotatable bonds is 8. The number of carbonyl (C=O) groups excluding carboxylic acids is 1. The Kier molecular flexibility index (Phi) is 7.73. The van der Waals surface area contributed by atoms with E-state index in [1.165, 1.54) is 7.05 Å². The first-order chi connectivity index (χ1) is 7.43. The van der Waals surface area contributed by atoms with E-state index in [2.05, 4.69) is 10.0 Å². The zero-order valence-electron chi connectivity index (χ0n) is 9.52. The summed E-state index contributed by atoms with van der Waals surface area (Å²) in [4.78, 5) is 11.4. The normalized spacial score (nSPS) is 13.4. The molecule has 16 heavy (non-hydrogen) atoms. The lowest BCUT2D eigenvalue weighted by molar-refractivity contribution is -0.122. The van der Waals surface area contributed by atoms with Crippen molar-refractivity contribution in [2.24, 2.45) is 5.73 Å². The van der Waals surface area contributed by atoms with Gasteiger partial charge in [0.2, 0.25) is 15.9 Å². The smallest absolute Gasteiger partial charge is 0.236 e. The number of sulfonamides is 1. The van der Waals surface area contributed by atoms with E-state index < -0.39 is 16.1 Å². The van der Waals surface area contributed by atoms with Crippen molar-refractivity contribution in [3.05, 3.63) is 0 Å². The van der Waals surface area contributed by atoms with Crippen LogP contribution in [-0.2, 0) is 14.8 Å². The molecule has 0 unspecified atom stereocenters. The van der Waals surface area contributed by atoms with Crippen molar-refractivity contribution in [1.29, 1.82) is 0 Å². The Morgan fingerprint density at radius 1 is 1.50 bits per heavy atom. The minimum absolute atomic E-state index is 0.0783. The van der Waals surface area contributed by atoms with Gasteiger partial charge in [0.1, 0.15) is 0 Å². The average Bonchev–Trinajstić information content (AvgIpc) is 2.25. The topological polar surface area (TPSA) is 101 Å². The van der Waals surface area contributed by atoms with Crippen molar-refractivity contribution < 1.29 is 13.2 Å². The molecular weight excluding hydrogens is 250 g/mol. The van der Waals surface area contributed by atoms with Gasteiger partial charge in [0, 0.05) is 6.54 Å². The first-order valence-corrected chi connectivity index (χ1v) is 7.91. The standard InChI is InChI=1S/C8H19N3O3S2/c1-10-16(13,14)6-4-11-8(12)7(9)3-5-15-2/h7,10H,3-6,9H2,1-2H3,(H,11,12)/t7-/m1/s1. The van der Waals surface area contributed by atoms with Gasteiger partial charge in [-0.15, -0.1) is 0 Å². The Morgan fingerprint density at radius 2 is 2.12 bits per heavy atom. The third kappa shape index (κ3) is 7.04. The molecule has 8 heteroatoms. The highest BCUT2D eigenvalue weighted by atomic mass is 32.2. The van der Waals surface area contributed by atoms with Crippen molar-refractivity contribution in [3.8, 4) is 0 Å². The Morgan fingerprint density at radius 3 is 2.62 bits per heavy atom. The molecule has 0 heterocycles. The minimum Gasteiger partial charge on any atom is -0.354 e. The Labute approximate surface area is 101 Å². The number of nitrogens with two attached hydrogens (primary N) is 1. The maximum Gasteiger partial charge on any atom is 0.236 e. The monoisotopic (exact) mass is 269 g/mol. The van der Waals surface area contributed by atoms with Crippen LogP contribution in [0.4, 0.5) is 0 Å². The Bertz CT molecular complexity index is 306. The highest BCUT2D eigenvalue weighted by Crippen LogP contribution is 1.98. The van der Waals surface area contributed by atoms with Gasteiger partial charge in [-0.1, -0.05) is 0 Å². The van der Waals surface area contributed by atoms with Gasteiger partial charge in [-0.2, -0.15) is 11.8 Å². The molecule has 4 N–H and O–H groups in total. The summed E-state index contributed by atoms with van der Waals surface area (Å²) in [5.74, 6) is 0.369. The second kappa shape index (κ2) is 7.88. The maximum atomic E-state index is 11.4. The SMILES string of the molecule is CNS(=O)(=O)CCNC(=O)[C@H](N)CCSC. The number of carbonyl (C=O) groups is 1. The zero-order chi connectivity index (χ0) is 12.6. The molecule has 0 bridgehead atoms. The van der Waals surface area contributed by atoms with E-state index in [-0.39, 0.29) is 18.2 Å². The lowest BCUT2D eigenvalue weighted by atomic mass is 10.2. The fourth-order valence-corrected chi connectivity index (χ4v) is 1.98. The number of hydrogen-bond donors (Lipinski definition) is 3. The van der Waals surface area contributed by atoms with Crippen LogP contribution in [0.1, 0.15) is 6.42 Å². The first kappa shape index (κ1) is 15.7. The van der Waals surface area contributed by atoms with Crippen molar-refractivity contribution in [3.63, 3.8) is 0 Å². The summed E-state index contributed by atoms with van der Waals surface area (Å²) < 4.78 is 24.2. The van der Waals surface area contributed by atoms with Gasteiger partial charge in [0.05, 0.1) is 11.8 Å². The van der Waals surface area contributed by atoms with Crippen molar-refractivity contribution in [2.45, 2.75) is 12.5 Å². The molecule has 1 amide bonds. The van der Waals surface area contributed by atoms with E-state index in [9.17, 15) is 13.2 Å². The van der Waals surface area contributed by atoms with E-state index in [0.29, 0.717) is 6.42 Å². The van der Waals surface area contributed by atoms with Crippen LogP contribution >= 0.6 is 11.8 Å². The summed E-state index contributed by atoms with van der Waals surface area (Å²) in [5, 5.41) is 2.49.